The summed E-state index contributed by atoms with van der Waals surface area (Å²) in [6.07, 6.45) is 0. The molecule has 28 heavy (non-hydrogen) atoms. The highest BCUT2D eigenvalue weighted by Gasteiger charge is 2.23. The van der Waals surface area contributed by atoms with Gasteiger partial charge in [0.25, 0.3) is 5.91 Å². The summed E-state index contributed by atoms with van der Waals surface area (Å²) in [6, 6.07) is 22.7. The number of nitrogens with one attached hydrogen (secondary N) is 1. The highest BCUT2D eigenvalue weighted by molar-refractivity contribution is 5.98. The fourth-order valence-corrected chi connectivity index (χ4v) is 3.76. The Morgan fingerprint density at radius 2 is 1.71 bits per heavy atom. The molecule has 3 aromatic rings. The Morgan fingerprint density at radius 1 is 1.00 bits per heavy atom. The van der Waals surface area contributed by atoms with E-state index >= 15 is 0 Å². The minimum absolute atomic E-state index is 0.0314. The first-order valence-corrected chi connectivity index (χ1v) is 9.86. The van der Waals surface area contributed by atoms with Crippen LogP contribution in [0, 0.1) is 6.92 Å². The fraction of sp³-hybridized carbons (Fsp3) is 0.292. The second kappa shape index (κ2) is 8.55. The van der Waals surface area contributed by atoms with E-state index in [9.17, 15) is 4.79 Å². The van der Waals surface area contributed by atoms with Crippen molar-refractivity contribution in [3.63, 3.8) is 0 Å². The minimum Gasteiger partial charge on any atom is -0.379 e. The lowest BCUT2D eigenvalue weighted by Gasteiger charge is -2.35. The molecule has 4 heteroatoms. The van der Waals surface area contributed by atoms with Crippen LogP contribution in [0.1, 0.15) is 27.5 Å². The Kier molecular flexibility index (Phi) is 5.70. The molecule has 1 heterocycles. The lowest BCUT2D eigenvalue weighted by atomic mass is 10.0. The van der Waals surface area contributed by atoms with Crippen molar-refractivity contribution in [1.29, 1.82) is 0 Å². The molecule has 0 aromatic heterocycles. The van der Waals surface area contributed by atoms with Gasteiger partial charge in [-0.1, -0.05) is 60.2 Å². The smallest absolute Gasteiger partial charge is 0.251 e. The number of aryl methyl sites for hydroxylation is 1. The zero-order valence-electron chi connectivity index (χ0n) is 16.2. The van der Waals surface area contributed by atoms with E-state index in [2.05, 4.69) is 47.5 Å². The summed E-state index contributed by atoms with van der Waals surface area (Å²) in [4.78, 5) is 15.2. The zero-order valence-corrected chi connectivity index (χ0v) is 16.2. The van der Waals surface area contributed by atoms with E-state index in [-0.39, 0.29) is 11.9 Å². The summed E-state index contributed by atoms with van der Waals surface area (Å²) in [5, 5.41) is 5.38. The Bertz CT molecular complexity index is 946. The van der Waals surface area contributed by atoms with Crippen molar-refractivity contribution in [1.82, 2.24) is 10.2 Å². The molecule has 0 saturated carbocycles. The van der Waals surface area contributed by atoms with Crippen LogP contribution in [0.2, 0.25) is 0 Å². The van der Waals surface area contributed by atoms with Gasteiger partial charge in [0, 0.05) is 25.2 Å². The topological polar surface area (TPSA) is 41.6 Å². The van der Waals surface area contributed by atoms with Gasteiger partial charge in [-0.15, -0.1) is 0 Å². The third-order valence-electron chi connectivity index (χ3n) is 5.42. The molecule has 0 radical (unpaired) electrons. The summed E-state index contributed by atoms with van der Waals surface area (Å²) in [5.74, 6) is -0.0314. The van der Waals surface area contributed by atoms with E-state index in [1.165, 1.54) is 11.1 Å². The van der Waals surface area contributed by atoms with Crippen molar-refractivity contribution < 1.29 is 9.53 Å². The van der Waals surface area contributed by atoms with E-state index in [0.717, 1.165) is 37.1 Å². The molecule has 1 atom stereocenters. The van der Waals surface area contributed by atoms with Crippen LogP contribution in [0.5, 0.6) is 0 Å². The molecule has 1 amide bonds. The predicted octanol–water partition coefficient (Wildman–Crippen LogP) is 3.95. The van der Waals surface area contributed by atoms with Gasteiger partial charge in [0.2, 0.25) is 0 Å². The number of ether oxygens (including phenoxy) is 1. The predicted molar refractivity (Wildman–Crippen MR) is 113 cm³/mol. The van der Waals surface area contributed by atoms with E-state index in [4.69, 9.17) is 4.74 Å². The van der Waals surface area contributed by atoms with Gasteiger partial charge in [-0.3, -0.25) is 9.69 Å². The summed E-state index contributed by atoms with van der Waals surface area (Å²) >= 11 is 0. The molecule has 0 unspecified atom stereocenters. The van der Waals surface area contributed by atoms with Crippen molar-refractivity contribution in [3.8, 4) is 0 Å². The molecular weight excluding hydrogens is 348 g/mol. The maximum Gasteiger partial charge on any atom is 0.251 e. The van der Waals surface area contributed by atoms with E-state index in [1.807, 2.05) is 36.4 Å². The van der Waals surface area contributed by atoms with Crippen LogP contribution in [-0.2, 0) is 4.74 Å². The third-order valence-corrected chi connectivity index (χ3v) is 5.42. The summed E-state index contributed by atoms with van der Waals surface area (Å²) < 4.78 is 5.51. The molecule has 4 rings (SSSR count). The first-order chi connectivity index (χ1) is 13.7. The molecule has 1 saturated heterocycles. The summed E-state index contributed by atoms with van der Waals surface area (Å²) in [7, 11) is 0. The first-order valence-electron chi connectivity index (χ1n) is 9.86. The van der Waals surface area contributed by atoms with Crippen molar-refractivity contribution in [3.05, 3.63) is 83.4 Å². The third kappa shape index (κ3) is 4.24. The van der Waals surface area contributed by atoms with Crippen molar-refractivity contribution in [2.24, 2.45) is 0 Å². The van der Waals surface area contributed by atoms with Gasteiger partial charge >= 0.3 is 0 Å². The van der Waals surface area contributed by atoms with Gasteiger partial charge in [-0.05, 0) is 35.4 Å². The molecular formula is C24H26N2O2. The largest absolute Gasteiger partial charge is 0.379 e. The maximum atomic E-state index is 12.8. The molecule has 1 fully saturated rings. The SMILES string of the molecule is Cc1ccc([C@H](CNC(=O)c2ccc3ccccc3c2)N2CCOCC2)cc1. The number of fused-ring (bicyclic) bond motifs is 1. The number of carbonyl (C=O) groups is 1. The Hall–Kier alpha value is -2.69. The normalized spacial score (nSPS) is 16.0. The standard InChI is InChI=1S/C24H26N2O2/c1-18-6-8-20(9-7-18)23(26-12-14-28-15-13-26)17-25-24(27)22-11-10-19-4-2-3-5-21(19)16-22/h2-11,16,23H,12-15,17H2,1H3,(H,25,27)/t23-/m0/s1. The molecule has 4 nitrogen and oxygen atoms in total. The van der Waals surface area contributed by atoms with Gasteiger partial charge in [-0.2, -0.15) is 0 Å². The molecule has 1 aliphatic heterocycles. The van der Waals surface area contributed by atoms with Gasteiger partial charge in [0.05, 0.1) is 19.3 Å². The van der Waals surface area contributed by atoms with Crippen LogP contribution >= 0.6 is 0 Å². The number of carbonyl (C=O) groups excluding carboxylic acids is 1. The molecule has 0 aliphatic carbocycles. The molecule has 0 spiro atoms. The Labute approximate surface area is 166 Å². The average molecular weight is 374 g/mol. The minimum atomic E-state index is -0.0314. The maximum absolute atomic E-state index is 12.8. The van der Waals surface area contributed by atoms with Gasteiger partial charge in [0.15, 0.2) is 0 Å². The van der Waals surface area contributed by atoms with Crippen LogP contribution in [0.4, 0.5) is 0 Å². The average Bonchev–Trinajstić information content (AvgIpc) is 2.75. The van der Waals surface area contributed by atoms with Gasteiger partial charge in [-0.25, -0.2) is 0 Å². The number of hydrogen-bond donors (Lipinski definition) is 1. The summed E-state index contributed by atoms with van der Waals surface area (Å²) in [6.45, 7) is 5.90. The number of morpholine rings is 1. The molecule has 144 valence electrons. The fourth-order valence-electron chi connectivity index (χ4n) is 3.76. The highest BCUT2D eigenvalue weighted by Crippen LogP contribution is 2.22. The monoisotopic (exact) mass is 374 g/mol. The quantitative estimate of drug-likeness (QED) is 0.735. The molecule has 0 bridgehead atoms. The Morgan fingerprint density at radius 3 is 2.46 bits per heavy atom. The van der Waals surface area contributed by atoms with Crippen LogP contribution < -0.4 is 5.32 Å². The van der Waals surface area contributed by atoms with Gasteiger partial charge in [0.1, 0.15) is 0 Å². The Balaban J connectivity index is 1.50. The van der Waals surface area contributed by atoms with Crippen LogP contribution in [0.25, 0.3) is 10.8 Å². The summed E-state index contributed by atoms with van der Waals surface area (Å²) in [5.41, 5.74) is 3.17. The lowest BCUT2D eigenvalue weighted by Crippen LogP contribution is -2.43. The molecule has 1 N–H and O–H groups in total. The molecule has 1 aliphatic rings. The van der Waals surface area contributed by atoms with Crippen molar-refractivity contribution >= 4 is 16.7 Å². The van der Waals surface area contributed by atoms with Crippen LogP contribution in [0.3, 0.4) is 0 Å². The molecule has 3 aromatic carbocycles. The number of amides is 1. The highest BCUT2D eigenvalue weighted by atomic mass is 16.5. The first kappa shape index (κ1) is 18.7. The number of benzene rings is 3. The number of nitrogens with zero attached hydrogens (tertiary/aromatic N) is 1. The van der Waals surface area contributed by atoms with Crippen LogP contribution in [-0.4, -0.2) is 43.7 Å². The van der Waals surface area contributed by atoms with E-state index < -0.39 is 0 Å². The zero-order chi connectivity index (χ0) is 19.3. The van der Waals surface area contributed by atoms with Crippen LogP contribution in [0.15, 0.2) is 66.7 Å². The van der Waals surface area contributed by atoms with Gasteiger partial charge < -0.3 is 10.1 Å². The van der Waals surface area contributed by atoms with Crippen molar-refractivity contribution in [2.75, 3.05) is 32.8 Å². The number of hydrogen-bond acceptors (Lipinski definition) is 3. The second-order valence-electron chi connectivity index (χ2n) is 7.35. The second-order valence-corrected chi connectivity index (χ2v) is 7.35. The van der Waals surface area contributed by atoms with E-state index in [1.54, 1.807) is 0 Å². The number of rotatable bonds is 5. The van der Waals surface area contributed by atoms with E-state index in [0.29, 0.717) is 12.1 Å². The lowest BCUT2D eigenvalue weighted by molar-refractivity contribution is 0.0162. The van der Waals surface area contributed by atoms with Crippen molar-refractivity contribution in [2.45, 2.75) is 13.0 Å².